The summed E-state index contributed by atoms with van der Waals surface area (Å²) in [7, 11) is 5.22. The number of rotatable bonds is 8. The number of hydrogen-bond acceptors (Lipinski definition) is 4. The summed E-state index contributed by atoms with van der Waals surface area (Å²) in [6.45, 7) is 1.59. The maximum Gasteiger partial charge on any atom is 0.307 e. The summed E-state index contributed by atoms with van der Waals surface area (Å²) in [6, 6.07) is 5.57. The zero-order chi connectivity index (χ0) is 16.5. The summed E-state index contributed by atoms with van der Waals surface area (Å²) in [5.41, 5.74) is 0.287. The van der Waals surface area contributed by atoms with Crippen LogP contribution in [0.3, 0.4) is 0 Å². The summed E-state index contributed by atoms with van der Waals surface area (Å²) in [4.78, 5) is 27.3. The van der Waals surface area contributed by atoms with Crippen LogP contribution >= 0.6 is 0 Å². The van der Waals surface area contributed by atoms with Gasteiger partial charge in [0.05, 0.1) is 13.5 Å². The fraction of sp³-hybridized carbons (Fsp3) is 0.500. The molecule has 0 radical (unpaired) electrons. The number of amides is 1. The van der Waals surface area contributed by atoms with Crippen LogP contribution in [0.25, 0.3) is 0 Å². The van der Waals surface area contributed by atoms with Crippen LogP contribution in [0.4, 0.5) is 4.39 Å². The van der Waals surface area contributed by atoms with Crippen molar-refractivity contribution in [3.63, 3.8) is 0 Å². The number of halogens is 1. The molecule has 0 fully saturated rings. The van der Waals surface area contributed by atoms with Crippen LogP contribution in [-0.2, 0) is 9.53 Å². The SMILES string of the molecule is COC(=O)CCN(CCCN(C)C)C(=O)c1cccc(F)c1. The first-order valence-electron chi connectivity index (χ1n) is 7.20. The zero-order valence-electron chi connectivity index (χ0n) is 13.3. The first-order chi connectivity index (χ1) is 10.4. The molecule has 0 aliphatic heterocycles. The second kappa shape index (κ2) is 9.15. The second-order valence-corrected chi connectivity index (χ2v) is 5.29. The highest BCUT2D eigenvalue weighted by Crippen LogP contribution is 2.09. The molecular formula is C16H23FN2O3. The van der Waals surface area contributed by atoms with Crippen molar-refractivity contribution in [3.05, 3.63) is 35.6 Å². The van der Waals surface area contributed by atoms with Gasteiger partial charge in [0.1, 0.15) is 5.82 Å². The molecule has 0 heterocycles. The number of esters is 1. The molecule has 0 saturated carbocycles. The topological polar surface area (TPSA) is 49.9 Å². The van der Waals surface area contributed by atoms with Crippen LogP contribution in [0, 0.1) is 5.82 Å². The quantitative estimate of drug-likeness (QED) is 0.687. The monoisotopic (exact) mass is 310 g/mol. The molecule has 0 atom stereocenters. The van der Waals surface area contributed by atoms with Gasteiger partial charge in [-0.15, -0.1) is 0 Å². The van der Waals surface area contributed by atoms with Crippen LogP contribution in [-0.4, -0.2) is 62.5 Å². The molecule has 0 bridgehead atoms. The third-order valence-electron chi connectivity index (χ3n) is 3.21. The summed E-state index contributed by atoms with van der Waals surface area (Å²) in [5, 5.41) is 0. The summed E-state index contributed by atoms with van der Waals surface area (Å²) < 4.78 is 17.9. The highest BCUT2D eigenvalue weighted by Gasteiger charge is 2.17. The van der Waals surface area contributed by atoms with Gasteiger partial charge in [-0.1, -0.05) is 6.07 Å². The Bertz CT molecular complexity index is 506. The lowest BCUT2D eigenvalue weighted by Crippen LogP contribution is -2.35. The molecule has 0 unspecified atom stereocenters. The van der Waals surface area contributed by atoms with E-state index in [-0.39, 0.29) is 30.4 Å². The lowest BCUT2D eigenvalue weighted by molar-refractivity contribution is -0.140. The Hall–Kier alpha value is -1.95. The Morgan fingerprint density at radius 3 is 2.50 bits per heavy atom. The smallest absolute Gasteiger partial charge is 0.307 e. The van der Waals surface area contributed by atoms with Gasteiger partial charge < -0.3 is 14.5 Å². The maximum absolute atomic E-state index is 13.3. The Labute approximate surface area is 130 Å². The van der Waals surface area contributed by atoms with E-state index in [4.69, 9.17) is 0 Å². The standard InChI is InChI=1S/C16H23FN2O3/c1-18(2)9-5-10-19(11-8-15(20)22-3)16(21)13-6-4-7-14(17)12-13/h4,6-7,12H,5,8-11H2,1-3H3. The summed E-state index contributed by atoms with van der Waals surface area (Å²) >= 11 is 0. The van der Waals surface area contributed by atoms with E-state index in [0.717, 1.165) is 13.0 Å². The molecule has 1 aromatic carbocycles. The Morgan fingerprint density at radius 1 is 1.18 bits per heavy atom. The number of nitrogens with zero attached hydrogens (tertiary/aromatic N) is 2. The molecule has 0 aliphatic rings. The molecular weight excluding hydrogens is 287 g/mol. The number of ether oxygens (including phenoxy) is 1. The molecule has 0 N–H and O–H groups in total. The Kier molecular flexibility index (Phi) is 7.52. The minimum atomic E-state index is -0.452. The van der Waals surface area contributed by atoms with Crippen LogP contribution < -0.4 is 0 Å². The number of methoxy groups -OCH3 is 1. The van der Waals surface area contributed by atoms with Crippen molar-refractivity contribution in [1.29, 1.82) is 0 Å². The van der Waals surface area contributed by atoms with E-state index in [2.05, 4.69) is 4.74 Å². The maximum atomic E-state index is 13.3. The van der Waals surface area contributed by atoms with Crippen molar-refractivity contribution in [2.45, 2.75) is 12.8 Å². The molecule has 1 aromatic rings. The minimum absolute atomic E-state index is 0.125. The number of benzene rings is 1. The molecule has 122 valence electrons. The summed E-state index contributed by atoms with van der Waals surface area (Å²) in [5.74, 6) is -1.10. The summed E-state index contributed by atoms with van der Waals surface area (Å²) in [6.07, 6.45) is 0.898. The normalized spacial score (nSPS) is 10.6. The molecule has 1 rings (SSSR count). The minimum Gasteiger partial charge on any atom is -0.469 e. The lowest BCUT2D eigenvalue weighted by atomic mass is 10.2. The van der Waals surface area contributed by atoms with Gasteiger partial charge in [0, 0.05) is 18.7 Å². The van der Waals surface area contributed by atoms with Gasteiger partial charge in [-0.05, 0) is 45.3 Å². The Morgan fingerprint density at radius 2 is 1.91 bits per heavy atom. The fourth-order valence-corrected chi connectivity index (χ4v) is 2.03. The van der Waals surface area contributed by atoms with Crippen molar-refractivity contribution < 1.29 is 18.7 Å². The third kappa shape index (κ3) is 6.22. The molecule has 0 spiro atoms. The van der Waals surface area contributed by atoms with Crippen molar-refractivity contribution in [2.75, 3.05) is 40.8 Å². The molecule has 0 saturated heterocycles. The van der Waals surface area contributed by atoms with E-state index in [1.165, 1.54) is 25.3 Å². The predicted octanol–water partition coefficient (Wildman–Crippen LogP) is 1.78. The number of carbonyl (C=O) groups is 2. The molecule has 22 heavy (non-hydrogen) atoms. The van der Waals surface area contributed by atoms with E-state index >= 15 is 0 Å². The van der Waals surface area contributed by atoms with Crippen LogP contribution in [0.2, 0.25) is 0 Å². The van der Waals surface area contributed by atoms with Gasteiger partial charge in [-0.3, -0.25) is 9.59 Å². The molecule has 6 heteroatoms. The fourth-order valence-electron chi connectivity index (χ4n) is 2.03. The van der Waals surface area contributed by atoms with Gasteiger partial charge >= 0.3 is 5.97 Å². The van der Waals surface area contributed by atoms with Crippen molar-refractivity contribution >= 4 is 11.9 Å². The van der Waals surface area contributed by atoms with E-state index in [0.29, 0.717) is 6.54 Å². The van der Waals surface area contributed by atoms with Crippen molar-refractivity contribution in [2.24, 2.45) is 0 Å². The number of hydrogen-bond donors (Lipinski definition) is 0. The zero-order valence-corrected chi connectivity index (χ0v) is 13.3. The first-order valence-corrected chi connectivity index (χ1v) is 7.20. The number of carbonyl (C=O) groups excluding carboxylic acids is 2. The first kappa shape index (κ1) is 18.1. The van der Waals surface area contributed by atoms with Gasteiger partial charge in [0.2, 0.25) is 0 Å². The lowest BCUT2D eigenvalue weighted by Gasteiger charge is -2.23. The van der Waals surface area contributed by atoms with Gasteiger partial charge in [0.25, 0.3) is 5.91 Å². The Balaban J connectivity index is 2.73. The van der Waals surface area contributed by atoms with Gasteiger partial charge in [0.15, 0.2) is 0 Å². The molecule has 0 aromatic heterocycles. The highest BCUT2D eigenvalue weighted by atomic mass is 19.1. The van der Waals surface area contributed by atoms with Crippen LogP contribution in [0.15, 0.2) is 24.3 Å². The molecule has 0 aliphatic carbocycles. The van der Waals surface area contributed by atoms with Gasteiger partial charge in [-0.25, -0.2) is 4.39 Å². The highest BCUT2D eigenvalue weighted by molar-refractivity contribution is 5.94. The second-order valence-electron chi connectivity index (χ2n) is 5.29. The van der Waals surface area contributed by atoms with E-state index in [9.17, 15) is 14.0 Å². The van der Waals surface area contributed by atoms with E-state index in [1.54, 1.807) is 11.0 Å². The third-order valence-corrected chi connectivity index (χ3v) is 3.21. The van der Waals surface area contributed by atoms with Crippen LogP contribution in [0.1, 0.15) is 23.2 Å². The average molecular weight is 310 g/mol. The van der Waals surface area contributed by atoms with Crippen LogP contribution in [0.5, 0.6) is 0 Å². The van der Waals surface area contributed by atoms with Gasteiger partial charge in [-0.2, -0.15) is 0 Å². The predicted molar refractivity (Wildman–Crippen MR) is 82.1 cm³/mol. The molecule has 1 amide bonds. The largest absolute Gasteiger partial charge is 0.469 e. The molecule has 5 nitrogen and oxygen atoms in total. The van der Waals surface area contributed by atoms with E-state index < -0.39 is 5.82 Å². The van der Waals surface area contributed by atoms with Crippen molar-refractivity contribution in [1.82, 2.24) is 9.80 Å². The average Bonchev–Trinajstić information content (AvgIpc) is 2.49. The van der Waals surface area contributed by atoms with Crippen molar-refractivity contribution in [3.8, 4) is 0 Å². The van der Waals surface area contributed by atoms with E-state index in [1.807, 2.05) is 19.0 Å².